The van der Waals surface area contributed by atoms with E-state index in [0.717, 1.165) is 5.92 Å². The summed E-state index contributed by atoms with van der Waals surface area (Å²) >= 11 is 0. The first-order chi connectivity index (χ1) is 5.89. The Labute approximate surface area is 79.8 Å². The Bertz CT molecular complexity index is 49.1. The van der Waals surface area contributed by atoms with Crippen molar-refractivity contribution in [3.05, 3.63) is 0 Å². The number of rotatable bonds is 0. The van der Waals surface area contributed by atoms with Gasteiger partial charge in [-0.2, -0.15) is 0 Å². The maximum atomic E-state index is 2.38. The van der Waals surface area contributed by atoms with Crippen molar-refractivity contribution >= 4 is 0 Å². The highest BCUT2D eigenvalue weighted by Gasteiger charge is 2.04. The lowest BCUT2D eigenvalue weighted by atomic mass is 10.0. The van der Waals surface area contributed by atoms with Crippen LogP contribution in [0.1, 0.15) is 73.1 Å². The van der Waals surface area contributed by atoms with Crippen LogP contribution in [0.4, 0.5) is 0 Å². The molecule has 1 fully saturated rings. The smallest absolute Gasteiger partial charge is 0.0443 e. The van der Waals surface area contributed by atoms with Crippen LogP contribution in [-0.2, 0) is 0 Å². The summed E-state index contributed by atoms with van der Waals surface area (Å²) in [6.07, 6.45) is 8.93. The third-order valence-electron chi connectivity index (χ3n) is 2.14. The fraction of sp³-hybridized carbons (Fsp3) is 1.00. The zero-order valence-corrected chi connectivity index (χ0v) is 9.82. The first-order valence-corrected chi connectivity index (χ1v) is 5.89. The van der Waals surface area contributed by atoms with Gasteiger partial charge in [0.25, 0.3) is 0 Å². The minimum Gasteiger partial charge on any atom is -0.0683 e. The van der Waals surface area contributed by atoms with E-state index >= 15 is 0 Å². The first kappa shape index (κ1) is 14.5. The summed E-state index contributed by atoms with van der Waals surface area (Å²) < 4.78 is 0. The van der Waals surface area contributed by atoms with Crippen LogP contribution in [0.3, 0.4) is 0 Å². The molecular formula is C12H28. The van der Waals surface area contributed by atoms with Crippen LogP contribution in [0.15, 0.2) is 0 Å². The van der Waals surface area contributed by atoms with Crippen LogP contribution in [0, 0.1) is 5.92 Å². The Hall–Kier alpha value is 0. The van der Waals surface area contributed by atoms with E-state index in [4.69, 9.17) is 0 Å². The standard InChI is InChI=1S/C8H16.2C2H6/c1-8-6-4-2-3-5-7-8;2*1-2/h8H,2-7H2,1H3;2*1-2H3. The molecule has 1 aliphatic carbocycles. The molecule has 0 N–H and O–H groups in total. The van der Waals surface area contributed by atoms with Crippen molar-refractivity contribution in [3.8, 4) is 0 Å². The molecule has 1 aliphatic rings. The van der Waals surface area contributed by atoms with Crippen LogP contribution >= 0.6 is 0 Å². The summed E-state index contributed by atoms with van der Waals surface area (Å²) in [5, 5.41) is 0. The molecule has 1 rings (SSSR count). The lowest BCUT2D eigenvalue weighted by Crippen LogP contribution is -1.88. The topological polar surface area (TPSA) is 0 Å². The Morgan fingerprint density at radius 1 is 0.667 bits per heavy atom. The van der Waals surface area contributed by atoms with Crippen molar-refractivity contribution in [2.24, 2.45) is 5.92 Å². The Morgan fingerprint density at radius 2 is 1.00 bits per heavy atom. The van der Waals surface area contributed by atoms with Crippen molar-refractivity contribution in [2.45, 2.75) is 73.1 Å². The second kappa shape index (κ2) is 13.6. The van der Waals surface area contributed by atoms with Gasteiger partial charge in [0.05, 0.1) is 0 Å². The Kier molecular flexibility index (Phi) is 16.4. The summed E-state index contributed by atoms with van der Waals surface area (Å²) in [5.41, 5.74) is 0. The molecule has 76 valence electrons. The minimum atomic E-state index is 1.03. The lowest BCUT2D eigenvalue weighted by Gasteiger charge is -2.02. The molecule has 0 heterocycles. The molecule has 0 unspecified atom stereocenters. The number of hydrogen-bond acceptors (Lipinski definition) is 0. The van der Waals surface area contributed by atoms with Gasteiger partial charge in [-0.25, -0.2) is 0 Å². The van der Waals surface area contributed by atoms with E-state index in [1.165, 1.54) is 38.5 Å². The zero-order chi connectivity index (χ0) is 9.82. The van der Waals surface area contributed by atoms with Crippen LogP contribution in [0.2, 0.25) is 0 Å². The summed E-state index contributed by atoms with van der Waals surface area (Å²) in [7, 11) is 0. The Morgan fingerprint density at radius 3 is 1.33 bits per heavy atom. The van der Waals surface area contributed by atoms with Gasteiger partial charge in [0.15, 0.2) is 0 Å². The molecule has 0 radical (unpaired) electrons. The average molecular weight is 172 g/mol. The lowest BCUT2D eigenvalue weighted by molar-refractivity contribution is 0.505. The van der Waals surface area contributed by atoms with Crippen molar-refractivity contribution in [1.82, 2.24) is 0 Å². The molecule has 0 aromatic rings. The highest BCUT2D eigenvalue weighted by Crippen LogP contribution is 2.21. The van der Waals surface area contributed by atoms with Gasteiger partial charge in [0.2, 0.25) is 0 Å². The van der Waals surface area contributed by atoms with Crippen molar-refractivity contribution in [2.75, 3.05) is 0 Å². The quantitative estimate of drug-likeness (QED) is 0.450. The van der Waals surface area contributed by atoms with Crippen molar-refractivity contribution in [3.63, 3.8) is 0 Å². The van der Waals surface area contributed by atoms with Gasteiger partial charge in [0.1, 0.15) is 0 Å². The van der Waals surface area contributed by atoms with Crippen molar-refractivity contribution < 1.29 is 0 Å². The van der Waals surface area contributed by atoms with Crippen LogP contribution < -0.4 is 0 Å². The van der Waals surface area contributed by atoms with Crippen LogP contribution in [0.25, 0.3) is 0 Å². The fourth-order valence-corrected chi connectivity index (χ4v) is 1.48. The molecule has 0 atom stereocenters. The fourth-order valence-electron chi connectivity index (χ4n) is 1.48. The second-order valence-electron chi connectivity index (χ2n) is 3.10. The third-order valence-corrected chi connectivity index (χ3v) is 2.14. The van der Waals surface area contributed by atoms with Gasteiger partial charge in [-0.15, -0.1) is 0 Å². The molecule has 0 spiro atoms. The van der Waals surface area contributed by atoms with Gasteiger partial charge in [-0.1, -0.05) is 73.1 Å². The van der Waals surface area contributed by atoms with Gasteiger partial charge < -0.3 is 0 Å². The van der Waals surface area contributed by atoms with E-state index in [1.54, 1.807) is 0 Å². The molecule has 0 saturated heterocycles. The van der Waals surface area contributed by atoms with E-state index in [-0.39, 0.29) is 0 Å². The predicted molar refractivity (Wildman–Crippen MR) is 59.6 cm³/mol. The molecular weight excluding hydrogens is 144 g/mol. The van der Waals surface area contributed by atoms with E-state index in [9.17, 15) is 0 Å². The van der Waals surface area contributed by atoms with Crippen LogP contribution in [0.5, 0.6) is 0 Å². The van der Waals surface area contributed by atoms with Gasteiger partial charge in [0, 0.05) is 0 Å². The summed E-state index contributed by atoms with van der Waals surface area (Å²) in [6, 6.07) is 0. The SMILES string of the molecule is CC.CC.CC1CCCCCC1. The maximum Gasteiger partial charge on any atom is -0.0443 e. The molecule has 0 aromatic carbocycles. The van der Waals surface area contributed by atoms with E-state index < -0.39 is 0 Å². The summed E-state index contributed by atoms with van der Waals surface area (Å²) in [6.45, 7) is 10.4. The molecule has 0 heteroatoms. The summed E-state index contributed by atoms with van der Waals surface area (Å²) in [4.78, 5) is 0. The normalized spacial score (nSPS) is 17.8. The highest BCUT2D eigenvalue weighted by atomic mass is 14.1. The van der Waals surface area contributed by atoms with Gasteiger partial charge in [-0.3, -0.25) is 0 Å². The van der Waals surface area contributed by atoms with Crippen LogP contribution in [-0.4, -0.2) is 0 Å². The molecule has 12 heavy (non-hydrogen) atoms. The van der Waals surface area contributed by atoms with Gasteiger partial charge >= 0.3 is 0 Å². The van der Waals surface area contributed by atoms with Gasteiger partial charge in [-0.05, 0) is 5.92 Å². The molecule has 0 aromatic heterocycles. The first-order valence-electron chi connectivity index (χ1n) is 5.89. The Balaban J connectivity index is 0. The minimum absolute atomic E-state index is 1.03. The van der Waals surface area contributed by atoms with Crippen molar-refractivity contribution in [1.29, 1.82) is 0 Å². The molecule has 0 aliphatic heterocycles. The average Bonchev–Trinajstić information content (AvgIpc) is 2.40. The zero-order valence-electron chi connectivity index (χ0n) is 9.82. The van der Waals surface area contributed by atoms with E-state index in [1.807, 2.05) is 27.7 Å². The highest BCUT2D eigenvalue weighted by molar-refractivity contribution is 4.58. The maximum absolute atomic E-state index is 2.38. The van der Waals surface area contributed by atoms with E-state index in [2.05, 4.69) is 6.92 Å². The second-order valence-corrected chi connectivity index (χ2v) is 3.10. The molecule has 1 saturated carbocycles. The third kappa shape index (κ3) is 10.0. The monoisotopic (exact) mass is 172 g/mol. The molecule has 0 bridgehead atoms. The molecule has 0 amide bonds. The summed E-state index contributed by atoms with van der Waals surface area (Å²) in [5.74, 6) is 1.03. The largest absolute Gasteiger partial charge is 0.0683 e. The predicted octanol–water partition coefficient (Wildman–Crippen LogP) is 5.03. The van der Waals surface area contributed by atoms with E-state index in [0.29, 0.717) is 0 Å². The molecule has 0 nitrogen and oxygen atoms in total. The number of hydrogen-bond donors (Lipinski definition) is 0.